The van der Waals surface area contributed by atoms with E-state index < -0.39 is 0 Å². The quantitative estimate of drug-likeness (QED) is 0.655. The number of carbonyl (C=O) groups is 1. The standard InChI is InChI=1S/C20H25BrN2O4/c1-4-26-17-7-6-15(11-18(17)27-5-2)8-9-22-19(24)13-23-12-14(3)10-16(21)20(23)25/h6-7,10-12H,4-5,8-9,13H2,1-3H3,(H,22,24). The lowest BCUT2D eigenvalue weighted by Crippen LogP contribution is -2.33. The number of carbonyl (C=O) groups excluding carboxylic acids is 1. The van der Waals surface area contributed by atoms with Gasteiger partial charge in [0.1, 0.15) is 6.54 Å². The van der Waals surface area contributed by atoms with Crippen LogP contribution in [0.5, 0.6) is 11.5 Å². The van der Waals surface area contributed by atoms with Gasteiger partial charge in [0.2, 0.25) is 5.91 Å². The number of amides is 1. The lowest BCUT2D eigenvalue weighted by molar-refractivity contribution is -0.121. The zero-order valence-electron chi connectivity index (χ0n) is 15.9. The Hall–Kier alpha value is -2.28. The van der Waals surface area contributed by atoms with Crippen LogP contribution in [0, 0.1) is 6.92 Å². The normalized spacial score (nSPS) is 10.5. The number of ether oxygens (including phenoxy) is 2. The molecule has 0 aliphatic rings. The molecule has 7 heteroatoms. The SMILES string of the molecule is CCOc1ccc(CCNC(=O)Cn2cc(C)cc(Br)c2=O)cc1OCC. The molecule has 1 aromatic carbocycles. The van der Waals surface area contributed by atoms with Gasteiger partial charge in [0.15, 0.2) is 11.5 Å². The predicted molar refractivity (Wildman–Crippen MR) is 109 cm³/mol. The van der Waals surface area contributed by atoms with Gasteiger partial charge < -0.3 is 19.4 Å². The number of hydrogen-bond acceptors (Lipinski definition) is 4. The zero-order chi connectivity index (χ0) is 19.8. The first-order valence-electron chi connectivity index (χ1n) is 8.96. The molecular formula is C20H25BrN2O4. The molecule has 6 nitrogen and oxygen atoms in total. The molecule has 1 heterocycles. The number of aromatic nitrogens is 1. The highest BCUT2D eigenvalue weighted by molar-refractivity contribution is 9.10. The summed E-state index contributed by atoms with van der Waals surface area (Å²) in [5.74, 6) is 1.22. The van der Waals surface area contributed by atoms with Gasteiger partial charge in [-0.25, -0.2) is 0 Å². The first kappa shape index (κ1) is 21.0. The third-order valence-corrected chi connectivity index (χ3v) is 4.40. The van der Waals surface area contributed by atoms with Crippen LogP contribution >= 0.6 is 15.9 Å². The second kappa shape index (κ2) is 10.2. The van der Waals surface area contributed by atoms with Crippen molar-refractivity contribution in [3.63, 3.8) is 0 Å². The minimum atomic E-state index is -0.219. The summed E-state index contributed by atoms with van der Waals surface area (Å²) in [7, 11) is 0. The molecule has 0 saturated carbocycles. The maximum Gasteiger partial charge on any atom is 0.265 e. The number of hydrogen-bond donors (Lipinski definition) is 1. The molecule has 146 valence electrons. The number of halogens is 1. The van der Waals surface area contributed by atoms with E-state index in [1.54, 1.807) is 12.3 Å². The monoisotopic (exact) mass is 436 g/mol. The van der Waals surface area contributed by atoms with Crippen molar-refractivity contribution in [2.24, 2.45) is 0 Å². The van der Waals surface area contributed by atoms with Gasteiger partial charge in [-0.15, -0.1) is 0 Å². The molecule has 0 unspecified atom stereocenters. The Balaban J connectivity index is 1.93. The molecule has 1 amide bonds. The highest BCUT2D eigenvalue weighted by Gasteiger charge is 2.09. The van der Waals surface area contributed by atoms with Gasteiger partial charge in [-0.1, -0.05) is 6.07 Å². The third kappa shape index (κ3) is 6.13. The van der Waals surface area contributed by atoms with Crippen LogP contribution in [-0.2, 0) is 17.8 Å². The molecule has 0 atom stereocenters. The van der Waals surface area contributed by atoms with E-state index in [-0.39, 0.29) is 18.0 Å². The average Bonchev–Trinajstić information content (AvgIpc) is 2.61. The average molecular weight is 437 g/mol. The van der Waals surface area contributed by atoms with Gasteiger partial charge in [0.25, 0.3) is 5.56 Å². The van der Waals surface area contributed by atoms with Crippen molar-refractivity contribution in [1.29, 1.82) is 0 Å². The van der Waals surface area contributed by atoms with E-state index in [9.17, 15) is 9.59 Å². The van der Waals surface area contributed by atoms with Gasteiger partial charge in [-0.2, -0.15) is 0 Å². The summed E-state index contributed by atoms with van der Waals surface area (Å²) in [5.41, 5.74) is 1.73. The number of nitrogens with zero attached hydrogens (tertiary/aromatic N) is 1. The first-order valence-corrected chi connectivity index (χ1v) is 9.75. The maximum absolute atomic E-state index is 12.2. The van der Waals surface area contributed by atoms with Crippen molar-refractivity contribution in [2.75, 3.05) is 19.8 Å². The molecule has 2 aromatic rings. The van der Waals surface area contributed by atoms with Crippen LogP contribution in [0.4, 0.5) is 0 Å². The molecule has 1 aromatic heterocycles. The summed E-state index contributed by atoms with van der Waals surface area (Å²) in [6, 6.07) is 7.51. The molecule has 0 fully saturated rings. The van der Waals surface area contributed by atoms with Crippen molar-refractivity contribution < 1.29 is 14.3 Å². The minimum Gasteiger partial charge on any atom is -0.490 e. The molecule has 0 aliphatic carbocycles. The molecule has 2 rings (SSSR count). The van der Waals surface area contributed by atoms with Crippen molar-refractivity contribution in [3.05, 3.63) is 56.4 Å². The second-order valence-electron chi connectivity index (χ2n) is 6.05. The fourth-order valence-electron chi connectivity index (χ4n) is 2.67. The van der Waals surface area contributed by atoms with Crippen LogP contribution < -0.4 is 20.3 Å². The summed E-state index contributed by atoms with van der Waals surface area (Å²) in [6.45, 7) is 7.32. The zero-order valence-corrected chi connectivity index (χ0v) is 17.5. The predicted octanol–water partition coefficient (Wildman–Crippen LogP) is 3.08. The van der Waals surface area contributed by atoms with Gasteiger partial charge >= 0.3 is 0 Å². The van der Waals surface area contributed by atoms with E-state index in [2.05, 4.69) is 21.2 Å². The van der Waals surface area contributed by atoms with Gasteiger partial charge in [0, 0.05) is 12.7 Å². The van der Waals surface area contributed by atoms with Crippen LogP contribution in [0.15, 0.2) is 39.7 Å². The lowest BCUT2D eigenvalue weighted by Gasteiger charge is -2.13. The Morgan fingerprint density at radius 2 is 1.85 bits per heavy atom. The van der Waals surface area contributed by atoms with Crippen molar-refractivity contribution in [2.45, 2.75) is 33.7 Å². The van der Waals surface area contributed by atoms with Crippen molar-refractivity contribution in [1.82, 2.24) is 9.88 Å². The number of rotatable bonds is 9. The van der Waals surface area contributed by atoms with Crippen LogP contribution in [0.1, 0.15) is 25.0 Å². The van der Waals surface area contributed by atoms with Crippen LogP contribution in [0.2, 0.25) is 0 Å². The maximum atomic E-state index is 12.2. The number of benzene rings is 1. The highest BCUT2D eigenvalue weighted by atomic mass is 79.9. The Morgan fingerprint density at radius 3 is 2.56 bits per heavy atom. The largest absolute Gasteiger partial charge is 0.490 e. The van der Waals surface area contributed by atoms with Gasteiger partial charge in [-0.3, -0.25) is 9.59 Å². The molecule has 1 N–H and O–H groups in total. The summed E-state index contributed by atoms with van der Waals surface area (Å²) < 4.78 is 13.0. The summed E-state index contributed by atoms with van der Waals surface area (Å²) in [5, 5.41) is 2.85. The summed E-state index contributed by atoms with van der Waals surface area (Å²) in [6.07, 6.45) is 2.33. The molecule has 0 bridgehead atoms. The van der Waals surface area contributed by atoms with E-state index in [4.69, 9.17) is 9.47 Å². The Labute approximate surface area is 167 Å². The fraction of sp³-hybridized carbons (Fsp3) is 0.400. The van der Waals surface area contributed by atoms with Crippen LogP contribution in [0.3, 0.4) is 0 Å². The van der Waals surface area contributed by atoms with Crippen LogP contribution in [-0.4, -0.2) is 30.2 Å². The van der Waals surface area contributed by atoms with Gasteiger partial charge in [0.05, 0.1) is 17.7 Å². The lowest BCUT2D eigenvalue weighted by atomic mass is 10.1. The minimum absolute atomic E-state index is 0.00735. The van der Waals surface area contributed by atoms with Crippen molar-refractivity contribution in [3.8, 4) is 11.5 Å². The number of aryl methyl sites for hydroxylation is 1. The Kier molecular flexibility index (Phi) is 7.91. The highest BCUT2D eigenvalue weighted by Crippen LogP contribution is 2.28. The summed E-state index contributed by atoms with van der Waals surface area (Å²) >= 11 is 3.22. The topological polar surface area (TPSA) is 69.6 Å². The van der Waals surface area contributed by atoms with E-state index in [0.29, 0.717) is 36.4 Å². The fourth-order valence-corrected chi connectivity index (χ4v) is 3.25. The van der Waals surface area contributed by atoms with E-state index in [1.165, 1.54) is 4.57 Å². The summed E-state index contributed by atoms with van der Waals surface area (Å²) in [4.78, 5) is 24.2. The second-order valence-corrected chi connectivity index (χ2v) is 6.90. The number of pyridine rings is 1. The number of nitrogens with one attached hydrogen (secondary N) is 1. The van der Waals surface area contributed by atoms with Crippen LogP contribution in [0.25, 0.3) is 0 Å². The molecular weight excluding hydrogens is 412 g/mol. The molecule has 0 spiro atoms. The Bertz CT molecular complexity index is 848. The third-order valence-electron chi connectivity index (χ3n) is 3.84. The van der Waals surface area contributed by atoms with E-state index in [0.717, 1.165) is 16.9 Å². The van der Waals surface area contributed by atoms with Gasteiger partial charge in [-0.05, 0) is 72.4 Å². The van der Waals surface area contributed by atoms with E-state index >= 15 is 0 Å². The molecule has 0 aliphatic heterocycles. The smallest absolute Gasteiger partial charge is 0.265 e. The Morgan fingerprint density at radius 1 is 1.15 bits per heavy atom. The van der Waals surface area contributed by atoms with E-state index in [1.807, 2.05) is 39.0 Å². The molecule has 27 heavy (non-hydrogen) atoms. The van der Waals surface area contributed by atoms with Crippen molar-refractivity contribution >= 4 is 21.8 Å². The first-order chi connectivity index (χ1) is 12.9. The molecule has 0 saturated heterocycles. The molecule has 0 radical (unpaired) electrons.